The zero-order valence-electron chi connectivity index (χ0n) is 12.8. The third-order valence-electron chi connectivity index (χ3n) is 3.92. The average molecular weight is 380 g/mol. The van der Waals surface area contributed by atoms with Crippen molar-refractivity contribution in [3.8, 4) is 0 Å². The second-order valence-electron chi connectivity index (χ2n) is 5.59. The molecule has 1 saturated heterocycles. The third kappa shape index (κ3) is 4.08. The maximum atomic E-state index is 12.3. The first-order valence-electron chi connectivity index (χ1n) is 7.30. The van der Waals surface area contributed by atoms with Crippen molar-refractivity contribution >= 4 is 46.7 Å². The van der Waals surface area contributed by atoms with Crippen LogP contribution >= 0.6 is 34.8 Å². The molecule has 5 nitrogen and oxygen atoms in total. The predicted molar refractivity (Wildman–Crippen MR) is 89.2 cm³/mol. The second-order valence-corrected chi connectivity index (χ2v) is 6.75. The van der Waals surface area contributed by atoms with Gasteiger partial charge in [-0.15, -0.1) is 0 Å². The molecule has 8 heteroatoms. The van der Waals surface area contributed by atoms with Gasteiger partial charge in [-0.3, -0.25) is 4.79 Å². The summed E-state index contributed by atoms with van der Waals surface area (Å²) in [6.07, 6.45) is 4.20. The molecule has 1 fully saturated rings. The zero-order valence-corrected chi connectivity index (χ0v) is 15.1. The molecule has 0 unspecified atom stereocenters. The molecule has 2 rings (SSSR count). The van der Waals surface area contributed by atoms with E-state index in [1.165, 1.54) is 6.20 Å². The Kier molecular flexibility index (Phi) is 6.12. The van der Waals surface area contributed by atoms with Crippen LogP contribution in [0, 0.1) is 0 Å². The molecule has 126 valence electrons. The van der Waals surface area contributed by atoms with Crippen LogP contribution in [0.25, 0.3) is 0 Å². The number of hydrogen-bond donors (Lipinski definition) is 0. The third-order valence-corrected chi connectivity index (χ3v) is 5.16. The summed E-state index contributed by atoms with van der Waals surface area (Å²) in [5.74, 6) is -1.03. The Labute approximate surface area is 149 Å². The summed E-state index contributed by atoms with van der Waals surface area (Å²) in [6, 6.07) is 0.272. The topological polar surface area (TPSA) is 59.5 Å². The van der Waals surface area contributed by atoms with Crippen LogP contribution in [0.3, 0.4) is 0 Å². The van der Waals surface area contributed by atoms with Crippen LogP contribution in [-0.2, 0) is 9.53 Å². The lowest BCUT2D eigenvalue weighted by molar-refractivity contribution is -0.140. The highest BCUT2D eigenvalue weighted by Crippen LogP contribution is 2.31. The number of amides is 1. The van der Waals surface area contributed by atoms with E-state index in [-0.39, 0.29) is 45.4 Å². The van der Waals surface area contributed by atoms with Gasteiger partial charge in [-0.2, -0.15) is 0 Å². The summed E-state index contributed by atoms with van der Waals surface area (Å²) in [5, 5.41) is 0.0801. The summed E-state index contributed by atoms with van der Waals surface area (Å²) < 4.78 is 5.04. The Balaban J connectivity index is 2.01. The van der Waals surface area contributed by atoms with Crippen LogP contribution in [0.4, 0.5) is 0 Å². The molecule has 1 aliphatic rings. The van der Waals surface area contributed by atoms with E-state index in [1.807, 2.05) is 13.8 Å². The molecule has 1 aromatic rings. The number of rotatable bonds is 3. The number of carbonyl (C=O) groups excluding carboxylic acids is 2. The first kappa shape index (κ1) is 18.3. The van der Waals surface area contributed by atoms with Crippen LogP contribution in [0.1, 0.15) is 43.6 Å². The molecular weight excluding hydrogens is 363 g/mol. The number of pyridine rings is 1. The van der Waals surface area contributed by atoms with E-state index in [0.29, 0.717) is 0 Å². The molecule has 0 radical (unpaired) electrons. The van der Waals surface area contributed by atoms with Gasteiger partial charge in [0.2, 0.25) is 0 Å². The summed E-state index contributed by atoms with van der Waals surface area (Å²) in [5.41, 5.74) is -0.159. The molecule has 23 heavy (non-hydrogen) atoms. The molecule has 0 aromatic carbocycles. The van der Waals surface area contributed by atoms with Crippen LogP contribution in [0.5, 0.6) is 0 Å². The average Bonchev–Trinajstić information content (AvgIpc) is 2.50. The lowest BCUT2D eigenvalue weighted by atomic mass is 9.97. The molecule has 0 N–H and O–H groups in total. The Morgan fingerprint density at radius 1 is 1.22 bits per heavy atom. The monoisotopic (exact) mass is 378 g/mol. The van der Waals surface area contributed by atoms with Crippen molar-refractivity contribution in [2.45, 2.75) is 45.2 Å². The van der Waals surface area contributed by atoms with Crippen molar-refractivity contribution < 1.29 is 14.3 Å². The number of esters is 1. The minimum atomic E-state index is -0.806. The molecular formula is C15H17Cl3N2O3. The van der Waals surface area contributed by atoms with Gasteiger partial charge in [0.05, 0.1) is 15.1 Å². The van der Waals surface area contributed by atoms with Gasteiger partial charge in [0.15, 0.2) is 12.3 Å². The number of hydrogen-bond acceptors (Lipinski definition) is 4. The van der Waals surface area contributed by atoms with Gasteiger partial charge in [0, 0.05) is 18.3 Å². The second kappa shape index (κ2) is 7.69. The smallest absolute Gasteiger partial charge is 0.359 e. The lowest BCUT2D eigenvalue weighted by Crippen LogP contribution is -2.49. The number of carbonyl (C=O) groups is 2. The Bertz CT molecular complexity index is 614. The standard InChI is InChI=1S/C15H17Cl3N2O3/c1-8-4-3-5-9(2)20(8)11(21)7-23-15(22)14-13(18)12(17)10(16)6-19-14/h6,8-9H,3-5,7H2,1-2H3/t8-,9+. The van der Waals surface area contributed by atoms with Gasteiger partial charge in [0.25, 0.3) is 5.91 Å². The Morgan fingerprint density at radius 2 is 1.83 bits per heavy atom. The van der Waals surface area contributed by atoms with Gasteiger partial charge >= 0.3 is 5.97 Å². The number of halogens is 3. The number of nitrogens with zero attached hydrogens (tertiary/aromatic N) is 2. The van der Waals surface area contributed by atoms with Crippen LogP contribution in [0.15, 0.2) is 6.20 Å². The van der Waals surface area contributed by atoms with Crippen LogP contribution in [0.2, 0.25) is 15.1 Å². The Morgan fingerprint density at radius 3 is 2.43 bits per heavy atom. The zero-order chi connectivity index (χ0) is 17.1. The van der Waals surface area contributed by atoms with E-state index >= 15 is 0 Å². The van der Waals surface area contributed by atoms with Crippen molar-refractivity contribution in [1.29, 1.82) is 0 Å². The maximum Gasteiger partial charge on any atom is 0.359 e. The van der Waals surface area contributed by atoms with Crippen LogP contribution in [-0.4, -0.2) is 40.5 Å². The summed E-state index contributed by atoms with van der Waals surface area (Å²) in [7, 11) is 0. The summed E-state index contributed by atoms with van der Waals surface area (Å²) >= 11 is 17.6. The van der Waals surface area contributed by atoms with E-state index in [4.69, 9.17) is 39.5 Å². The largest absolute Gasteiger partial charge is 0.451 e. The number of aromatic nitrogens is 1. The summed E-state index contributed by atoms with van der Waals surface area (Å²) in [6.45, 7) is 3.63. The first-order valence-corrected chi connectivity index (χ1v) is 8.44. The highest BCUT2D eigenvalue weighted by molar-refractivity contribution is 6.48. The number of likely N-dealkylation sites (tertiary alicyclic amines) is 1. The number of ether oxygens (including phenoxy) is 1. The predicted octanol–water partition coefficient (Wildman–Crippen LogP) is 3.99. The van der Waals surface area contributed by atoms with Gasteiger partial charge in [-0.05, 0) is 33.1 Å². The molecule has 2 atom stereocenters. The van der Waals surface area contributed by atoms with Gasteiger partial charge in [-0.1, -0.05) is 34.8 Å². The fourth-order valence-electron chi connectivity index (χ4n) is 2.77. The SMILES string of the molecule is C[C@@H]1CCC[C@H](C)N1C(=O)COC(=O)c1ncc(Cl)c(Cl)c1Cl. The normalized spacial score (nSPS) is 21.2. The van der Waals surface area contributed by atoms with Crippen molar-refractivity contribution in [3.63, 3.8) is 0 Å². The lowest BCUT2D eigenvalue weighted by Gasteiger charge is -2.38. The molecule has 0 saturated carbocycles. The molecule has 0 aliphatic carbocycles. The molecule has 1 aliphatic heterocycles. The Hall–Kier alpha value is -1.04. The molecule has 0 spiro atoms. The van der Waals surface area contributed by atoms with Crippen molar-refractivity contribution in [3.05, 3.63) is 27.0 Å². The van der Waals surface area contributed by atoms with Crippen molar-refractivity contribution in [1.82, 2.24) is 9.88 Å². The first-order chi connectivity index (χ1) is 10.8. The fourth-order valence-corrected chi connectivity index (χ4v) is 3.33. The molecule has 2 heterocycles. The molecule has 1 aromatic heterocycles. The minimum absolute atomic E-state index is 0.0277. The molecule has 1 amide bonds. The minimum Gasteiger partial charge on any atom is -0.451 e. The van der Waals surface area contributed by atoms with Gasteiger partial charge < -0.3 is 9.64 Å². The fraction of sp³-hybridized carbons (Fsp3) is 0.533. The number of piperidine rings is 1. The van der Waals surface area contributed by atoms with Gasteiger partial charge in [-0.25, -0.2) is 9.78 Å². The van der Waals surface area contributed by atoms with E-state index in [9.17, 15) is 9.59 Å². The highest BCUT2D eigenvalue weighted by Gasteiger charge is 2.30. The van der Waals surface area contributed by atoms with Gasteiger partial charge in [0.1, 0.15) is 0 Å². The maximum absolute atomic E-state index is 12.3. The quantitative estimate of drug-likeness (QED) is 0.745. The van der Waals surface area contributed by atoms with E-state index in [0.717, 1.165) is 19.3 Å². The van der Waals surface area contributed by atoms with Crippen molar-refractivity contribution in [2.24, 2.45) is 0 Å². The summed E-state index contributed by atoms with van der Waals surface area (Å²) in [4.78, 5) is 29.9. The highest BCUT2D eigenvalue weighted by atomic mass is 35.5. The van der Waals surface area contributed by atoms with Crippen molar-refractivity contribution in [2.75, 3.05) is 6.61 Å². The van der Waals surface area contributed by atoms with E-state index < -0.39 is 5.97 Å². The van der Waals surface area contributed by atoms with Crippen LogP contribution < -0.4 is 0 Å². The molecule has 0 bridgehead atoms. The van der Waals surface area contributed by atoms with E-state index in [1.54, 1.807) is 4.90 Å². The van der Waals surface area contributed by atoms with E-state index in [2.05, 4.69) is 4.98 Å².